The molecule has 0 unspecified atom stereocenters. The number of benzene rings is 2. The summed E-state index contributed by atoms with van der Waals surface area (Å²) < 4.78 is 38.1. The predicted octanol–water partition coefficient (Wildman–Crippen LogP) is 3.00. The average molecular weight is 500 g/mol. The van der Waals surface area contributed by atoms with Crippen LogP contribution >= 0.6 is 0 Å². The number of piperidine rings is 1. The van der Waals surface area contributed by atoms with Gasteiger partial charge in [-0.2, -0.15) is 4.31 Å². The highest BCUT2D eigenvalue weighted by atomic mass is 32.2. The number of fused-ring (bicyclic) bond motifs is 1. The van der Waals surface area contributed by atoms with Gasteiger partial charge >= 0.3 is 0 Å². The van der Waals surface area contributed by atoms with Gasteiger partial charge in [-0.3, -0.25) is 9.59 Å². The van der Waals surface area contributed by atoms with E-state index in [0.29, 0.717) is 61.8 Å². The molecular weight excluding hydrogens is 470 g/mol. The second-order valence-corrected chi connectivity index (χ2v) is 11.1. The quantitative estimate of drug-likeness (QED) is 0.678. The van der Waals surface area contributed by atoms with E-state index in [1.807, 2.05) is 6.92 Å². The first-order chi connectivity index (χ1) is 16.8. The first kappa shape index (κ1) is 23.6. The molecular formula is C25H29N3O6S. The molecule has 2 aromatic carbocycles. The van der Waals surface area contributed by atoms with Gasteiger partial charge in [0, 0.05) is 49.4 Å². The number of likely N-dealkylation sites (tertiary alicyclic amines) is 1. The number of anilines is 1. The number of nitrogens with zero attached hydrogens (tertiary/aromatic N) is 2. The van der Waals surface area contributed by atoms with Crippen LogP contribution in [0.2, 0.25) is 0 Å². The second kappa shape index (κ2) is 9.50. The Kier molecular flexibility index (Phi) is 6.41. The summed E-state index contributed by atoms with van der Waals surface area (Å²) >= 11 is 0. The first-order valence-electron chi connectivity index (χ1n) is 11.9. The van der Waals surface area contributed by atoms with E-state index in [1.165, 1.54) is 10.4 Å². The number of ether oxygens (including phenoxy) is 2. The molecule has 5 rings (SSSR count). The van der Waals surface area contributed by atoms with E-state index in [4.69, 9.17) is 9.47 Å². The maximum atomic E-state index is 13.3. The van der Waals surface area contributed by atoms with Crippen LogP contribution in [-0.2, 0) is 14.8 Å². The highest BCUT2D eigenvalue weighted by Gasteiger charge is 2.31. The van der Waals surface area contributed by atoms with Crippen LogP contribution in [0.15, 0.2) is 41.3 Å². The molecule has 186 valence electrons. The minimum Gasteiger partial charge on any atom is -0.454 e. The molecule has 1 N–H and O–H groups in total. The van der Waals surface area contributed by atoms with Crippen molar-refractivity contribution in [2.24, 2.45) is 5.92 Å². The van der Waals surface area contributed by atoms with E-state index >= 15 is 0 Å². The van der Waals surface area contributed by atoms with Crippen LogP contribution < -0.4 is 14.8 Å². The molecule has 2 fully saturated rings. The first-order valence-corrected chi connectivity index (χ1v) is 13.4. The van der Waals surface area contributed by atoms with Crippen LogP contribution in [0.5, 0.6) is 11.5 Å². The number of hydrogen-bond donors (Lipinski definition) is 1. The van der Waals surface area contributed by atoms with E-state index < -0.39 is 10.0 Å². The van der Waals surface area contributed by atoms with Crippen LogP contribution in [0.4, 0.5) is 5.69 Å². The lowest BCUT2D eigenvalue weighted by atomic mass is 9.95. The molecule has 2 aromatic rings. The number of sulfonamides is 1. The molecule has 0 bridgehead atoms. The third kappa shape index (κ3) is 4.72. The molecule has 3 aliphatic heterocycles. The molecule has 0 radical (unpaired) electrons. The van der Waals surface area contributed by atoms with Gasteiger partial charge in [0.15, 0.2) is 11.5 Å². The van der Waals surface area contributed by atoms with Crippen molar-refractivity contribution < 1.29 is 27.5 Å². The van der Waals surface area contributed by atoms with Crippen LogP contribution in [0.1, 0.15) is 41.6 Å². The van der Waals surface area contributed by atoms with Gasteiger partial charge in [0.05, 0.1) is 4.90 Å². The molecule has 0 saturated carbocycles. The molecule has 2 saturated heterocycles. The molecule has 9 nitrogen and oxygen atoms in total. The summed E-state index contributed by atoms with van der Waals surface area (Å²) in [7, 11) is -3.60. The Morgan fingerprint density at radius 2 is 1.66 bits per heavy atom. The van der Waals surface area contributed by atoms with Gasteiger partial charge in [0.25, 0.3) is 5.91 Å². The van der Waals surface area contributed by atoms with Crippen LogP contribution in [0.3, 0.4) is 0 Å². The zero-order chi connectivity index (χ0) is 24.6. The van der Waals surface area contributed by atoms with Crippen molar-refractivity contribution in [1.82, 2.24) is 9.21 Å². The zero-order valence-electron chi connectivity index (χ0n) is 19.7. The summed E-state index contributed by atoms with van der Waals surface area (Å²) in [5, 5.41) is 2.93. The maximum absolute atomic E-state index is 13.3. The number of nitrogens with one attached hydrogen (secondary N) is 1. The van der Waals surface area contributed by atoms with Gasteiger partial charge in [0.2, 0.25) is 22.7 Å². The molecule has 0 atom stereocenters. The molecule has 10 heteroatoms. The number of aryl methyl sites for hydroxylation is 1. The Bertz CT molecular complexity index is 1250. The average Bonchev–Trinajstić information content (AvgIpc) is 3.56. The lowest BCUT2D eigenvalue weighted by Gasteiger charge is -2.32. The Hall–Kier alpha value is -3.11. The van der Waals surface area contributed by atoms with Crippen LogP contribution in [0, 0.1) is 12.8 Å². The Morgan fingerprint density at radius 1 is 0.943 bits per heavy atom. The number of amides is 2. The lowest BCUT2D eigenvalue weighted by Crippen LogP contribution is -2.41. The second-order valence-electron chi connectivity index (χ2n) is 9.21. The van der Waals surface area contributed by atoms with E-state index in [0.717, 1.165) is 18.4 Å². The third-order valence-corrected chi connectivity index (χ3v) is 8.83. The van der Waals surface area contributed by atoms with E-state index in [-0.39, 0.29) is 29.4 Å². The van der Waals surface area contributed by atoms with Gasteiger partial charge in [-0.05, 0) is 62.4 Å². The fourth-order valence-corrected chi connectivity index (χ4v) is 6.35. The Morgan fingerprint density at radius 3 is 2.40 bits per heavy atom. The van der Waals surface area contributed by atoms with Crippen molar-refractivity contribution in [3.63, 3.8) is 0 Å². The highest BCUT2D eigenvalue weighted by molar-refractivity contribution is 7.89. The van der Waals surface area contributed by atoms with Crippen molar-refractivity contribution in [3.8, 4) is 11.5 Å². The van der Waals surface area contributed by atoms with Crippen molar-refractivity contribution >= 4 is 27.5 Å². The highest BCUT2D eigenvalue weighted by Crippen LogP contribution is 2.34. The maximum Gasteiger partial charge on any atom is 0.254 e. The topological polar surface area (TPSA) is 105 Å². The molecule has 3 aliphatic rings. The fourth-order valence-electron chi connectivity index (χ4n) is 4.80. The number of hydrogen-bond acceptors (Lipinski definition) is 6. The van der Waals surface area contributed by atoms with Gasteiger partial charge in [0.1, 0.15) is 0 Å². The summed E-state index contributed by atoms with van der Waals surface area (Å²) in [4.78, 5) is 27.9. The zero-order valence-corrected chi connectivity index (χ0v) is 20.5. The molecule has 2 amide bonds. The number of rotatable bonds is 5. The SMILES string of the molecule is Cc1ccc(S(=O)(=O)N2CCCC2)cc1C(=O)N1CCC(C(=O)Nc2ccc3c(c2)OCO3)CC1. The van der Waals surface area contributed by atoms with E-state index in [2.05, 4.69) is 5.32 Å². The van der Waals surface area contributed by atoms with Gasteiger partial charge in [-0.25, -0.2) is 8.42 Å². The standard InChI is InChI=1S/C25H29N3O6S/c1-17-4-6-20(35(31,32)28-10-2-3-11-28)15-21(17)25(30)27-12-8-18(9-13-27)24(29)26-19-5-7-22-23(14-19)34-16-33-22/h4-7,14-15,18H,2-3,8-13,16H2,1H3,(H,26,29). The lowest BCUT2D eigenvalue weighted by molar-refractivity contribution is -0.121. The van der Waals surface area contributed by atoms with Crippen molar-refractivity contribution in [2.75, 3.05) is 38.3 Å². The van der Waals surface area contributed by atoms with Gasteiger partial charge in [-0.15, -0.1) is 0 Å². The largest absolute Gasteiger partial charge is 0.454 e. The molecule has 35 heavy (non-hydrogen) atoms. The molecule has 0 aromatic heterocycles. The minimum absolute atomic E-state index is 0.0918. The third-order valence-electron chi connectivity index (χ3n) is 6.94. The van der Waals surface area contributed by atoms with Crippen molar-refractivity contribution in [1.29, 1.82) is 0 Å². The summed E-state index contributed by atoms with van der Waals surface area (Å²) in [6.45, 7) is 3.88. The summed E-state index contributed by atoms with van der Waals surface area (Å²) in [6, 6.07) is 10.1. The van der Waals surface area contributed by atoms with E-state index in [9.17, 15) is 18.0 Å². The van der Waals surface area contributed by atoms with Gasteiger partial charge in [-0.1, -0.05) is 6.07 Å². The van der Waals surface area contributed by atoms with E-state index in [1.54, 1.807) is 35.2 Å². The molecule has 0 aliphatic carbocycles. The minimum atomic E-state index is -3.60. The number of carbonyl (C=O) groups excluding carboxylic acids is 2. The van der Waals surface area contributed by atoms with Crippen molar-refractivity contribution in [3.05, 3.63) is 47.5 Å². The van der Waals surface area contributed by atoms with Crippen LogP contribution in [0.25, 0.3) is 0 Å². The summed E-state index contributed by atoms with van der Waals surface area (Å²) in [5.74, 6) is 0.754. The van der Waals surface area contributed by atoms with Gasteiger partial charge < -0.3 is 19.7 Å². The van der Waals surface area contributed by atoms with Crippen LogP contribution in [-0.4, -0.2) is 62.4 Å². The smallest absolute Gasteiger partial charge is 0.254 e. The summed E-state index contributed by atoms with van der Waals surface area (Å²) in [6.07, 6.45) is 2.78. The summed E-state index contributed by atoms with van der Waals surface area (Å²) in [5.41, 5.74) is 1.77. The Balaban J connectivity index is 1.22. The fraction of sp³-hybridized carbons (Fsp3) is 0.440. The predicted molar refractivity (Wildman–Crippen MR) is 129 cm³/mol. The monoisotopic (exact) mass is 499 g/mol. The molecule has 0 spiro atoms. The normalized spacial score (nSPS) is 18.6. The molecule has 3 heterocycles. The number of carbonyl (C=O) groups is 2. The van der Waals surface area contributed by atoms with Crippen molar-refractivity contribution in [2.45, 2.75) is 37.5 Å². The Labute approximate surface area is 205 Å².